The Bertz CT molecular complexity index is 370. The van der Waals surface area contributed by atoms with Crippen molar-refractivity contribution in [3.63, 3.8) is 0 Å². The highest BCUT2D eigenvalue weighted by Crippen LogP contribution is 2.40. The summed E-state index contributed by atoms with van der Waals surface area (Å²) in [6.07, 6.45) is -1.72. The molecule has 1 saturated heterocycles. The highest BCUT2D eigenvalue weighted by molar-refractivity contribution is 9.09. The van der Waals surface area contributed by atoms with Crippen LogP contribution in [0.3, 0.4) is 0 Å². The summed E-state index contributed by atoms with van der Waals surface area (Å²) in [5, 5.41) is 3.59. The molecule has 2 aliphatic rings. The van der Waals surface area contributed by atoms with Gasteiger partial charge < -0.3 is 10.1 Å². The van der Waals surface area contributed by atoms with Crippen LogP contribution >= 0.6 is 15.9 Å². The van der Waals surface area contributed by atoms with Crippen molar-refractivity contribution in [3.05, 3.63) is 0 Å². The van der Waals surface area contributed by atoms with Crippen LogP contribution in [0.1, 0.15) is 38.5 Å². The van der Waals surface area contributed by atoms with Gasteiger partial charge in [0.25, 0.3) is 0 Å². The lowest BCUT2D eigenvalue weighted by atomic mass is 9.80. The Morgan fingerprint density at radius 2 is 1.95 bits per heavy atom. The van der Waals surface area contributed by atoms with Crippen molar-refractivity contribution in [2.45, 2.75) is 50.2 Å². The molecule has 0 aromatic rings. The Labute approximate surface area is 131 Å². The van der Waals surface area contributed by atoms with E-state index < -0.39 is 18.0 Å². The zero-order valence-corrected chi connectivity index (χ0v) is 13.4. The third-order valence-electron chi connectivity index (χ3n) is 4.60. The first-order valence-electron chi connectivity index (χ1n) is 7.39. The lowest BCUT2D eigenvalue weighted by Crippen LogP contribution is -2.55. The number of hydrogen-bond donors (Lipinski definition) is 1. The quantitative estimate of drug-likeness (QED) is 0.772. The topological polar surface area (TPSA) is 38.3 Å². The fraction of sp³-hybridized carbons (Fsp3) is 0.929. The zero-order valence-electron chi connectivity index (χ0n) is 11.8. The number of ether oxygens (including phenoxy) is 1. The van der Waals surface area contributed by atoms with Gasteiger partial charge in [-0.2, -0.15) is 13.2 Å². The second-order valence-corrected chi connectivity index (χ2v) is 6.68. The lowest BCUT2D eigenvalue weighted by molar-refractivity contribution is -0.186. The maximum absolute atomic E-state index is 12.8. The van der Waals surface area contributed by atoms with Crippen molar-refractivity contribution >= 4 is 21.8 Å². The molecular formula is C14H21BrF3NO2. The van der Waals surface area contributed by atoms with Crippen LogP contribution in [0.15, 0.2) is 0 Å². The van der Waals surface area contributed by atoms with Crippen molar-refractivity contribution in [1.29, 1.82) is 0 Å². The zero-order chi connectivity index (χ0) is 15.5. The molecule has 2 unspecified atom stereocenters. The molecule has 2 fully saturated rings. The minimum atomic E-state index is -4.19. The van der Waals surface area contributed by atoms with Gasteiger partial charge in [-0.3, -0.25) is 4.79 Å². The summed E-state index contributed by atoms with van der Waals surface area (Å²) in [4.78, 5) is 12.4. The summed E-state index contributed by atoms with van der Waals surface area (Å²) in [5.74, 6) is -2.09. The summed E-state index contributed by atoms with van der Waals surface area (Å²) in [6, 6.07) is 0. The Morgan fingerprint density at radius 3 is 2.52 bits per heavy atom. The smallest absolute Gasteiger partial charge is 0.381 e. The molecule has 1 N–H and O–H groups in total. The minimum absolute atomic E-state index is 0.0792. The minimum Gasteiger partial charge on any atom is -0.381 e. The van der Waals surface area contributed by atoms with Crippen LogP contribution in [0.25, 0.3) is 0 Å². The van der Waals surface area contributed by atoms with Gasteiger partial charge in [0.15, 0.2) is 0 Å². The summed E-state index contributed by atoms with van der Waals surface area (Å²) < 4.78 is 43.8. The van der Waals surface area contributed by atoms with E-state index in [-0.39, 0.29) is 24.3 Å². The Hall–Kier alpha value is -0.300. The van der Waals surface area contributed by atoms with E-state index in [1.165, 1.54) is 0 Å². The standard InChI is InChI=1S/C14H21BrF3NO2/c15-9-13(4-6-21-7-5-13)19-12(20)10-2-1-3-11(8-10)14(16,17)18/h10-11H,1-9H2,(H,19,20). The summed E-state index contributed by atoms with van der Waals surface area (Å²) >= 11 is 3.41. The van der Waals surface area contributed by atoms with Crippen LogP contribution in [0.4, 0.5) is 13.2 Å². The van der Waals surface area contributed by atoms with E-state index in [4.69, 9.17) is 4.74 Å². The molecule has 1 aliphatic carbocycles. The molecule has 0 spiro atoms. The average molecular weight is 372 g/mol. The van der Waals surface area contributed by atoms with Gasteiger partial charge in [0, 0.05) is 24.5 Å². The molecule has 122 valence electrons. The third kappa shape index (κ3) is 4.34. The molecule has 2 rings (SSSR count). The van der Waals surface area contributed by atoms with Crippen LogP contribution in [0.2, 0.25) is 0 Å². The Kier molecular flexibility index (Phi) is 5.57. The highest BCUT2D eigenvalue weighted by atomic mass is 79.9. The fourth-order valence-corrected chi connectivity index (χ4v) is 3.84. The first-order chi connectivity index (χ1) is 9.86. The first-order valence-corrected chi connectivity index (χ1v) is 8.51. The van der Waals surface area contributed by atoms with Crippen molar-refractivity contribution in [2.75, 3.05) is 18.5 Å². The normalized spacial score (nSPS) is 29.9. The van der Waals surface area contributed by atoms with E-state index in [0.29, 0.717) is 44.2 Å². The van der Waals surface area contributed by atoms with Crippen molar-refractivity contribution < 1.29 is 22.7 Å². The monoisotopic (exact) mass is 371 g/mol. The van der Waals surface area contributed by atoms with Gasteiger partial charge in [-0.1, -0.05) is 22.4 Å². The van der Waals surface area contributed by atoms with E-state index in [0.717, 1.165) is 0 Å². The van der Waals surface area contributed by atoms with Crippen LogP contribution < -0.4 is 5.32 Å². The second kappa shape index (κ2) is 6.86. The molecule has 21 heavy (non-hydrogen) atoms. The largest absolute Gasteiger partial charge is 0.391 e. The fourth-order valence-electron chi connectivity index (χ4n) is 3.14. The first kappa shape index (κ1) is 17.1. The number of carbonyl (C=O) groups excluding carboxylic acids is 1. The molecule has 1 saturated carbocycles. The molecule has 7 heteroatoms. The maximum Gasteiger partial charge on any atom is 0.391 e. The van der Waals surface area contributed by atoms with Crippen LogP contribution in [0.5, 0.6) is 0 Å². The van der Waals surface area contributed by atoms with Gasteiger partial charge in [-0.25, -0.2) is 0 Å². The van der Waals surface area contributed by atoms with Crippen LogP contribution in [0, 0.1) is 11.8 Å². The van der Waals surface area contributed by atoms with Crippen LogP contribution in [-0.4, -0.2) is 36.2 Å². The number of nitrogens with one attached hydrogen (secondary N) is 1. The van der Waals surface area contributed by atoms with E-state index in [2.05, 4.69) is 21.2 Å². The van der Waals surface area contributed by atoms with E-state index in [9.17, 15) is 18.0 Å². The Morgan fingerprint density at radius 1 is 1.29 bits per heavy atom. The number of hydrogen-bond acceptors (Lipinski definition) is 2. The van der Waals surface area contributed by atoms with Gasteiger partial charge in [-0.15, -0.1) is 0 Å². The average Bonchev–Trinajstić information content (AvgIpc) is 2.47. The van der Waals surface area contributed by atoms with E-state index >= 15 is 0 Å². The predicted octanol–water partition coefficient (Wildman–Crippen LogP) is 3.42. The molecule has 0 radical (unpaired) electrons. The number of carbonyl (C=O) groups is 1. The molecule has 2 atom stereocenters. The number of rotatable bonds is 3. The second-order valence-electron chi connectivity index (χ2n) is 6.12. The number of halogens is 4. The molecule has 3 nitrogen and oxygen atoms in total. The van der Waals surface area contributed by atoms with Gasteiger partial charge in [0.1, 0.15) is 0 Å². The molecule has 0 aromatic heterocycles. The molecule has 0 bridgehead atoms. The number of amides is 1. The maximum atomic E-state index is 12.8. The highest BCUT2D eigenvalue weighted by Gasteiger charge is 2.44. The summed E-state index contributed by atoms with van der Waals surface area (Å²) in [6.45, 7) is 1.14. The lowest BCUT2D eigenvalue weighted by Gasteiger charge is -2.38. The molecule has 0 aromatic carbocycles. The summed E-state index contributed by atoms with van der Waals surface area (Å²) in [7, 11) is 0. The van der Waals surface area contributed by atoms with Crippen LogP contribution in [-0.2, 0) is 9.53 Å². The SMILES string of the molecule is O=C(NC1(CBr)CCOCC1)C1CCCC(C(F)(F)F)C1. The molecular weight excluding hydrogens is 351 g/mol. The van der Waals surface area contributed by atoms with Gasteiger partial charge >= 0.3 is 6.18 Å². The molecule has 1 heterocycles. The Balaban J connectivity index is 1.96. The van der Waals surface area contributed by atoms with E-state index in [1.54, 1.807) is 0 Å². The van der Waals surface area contributed by atoms with Crippen molar-refractivity contribution in [2.24, 2.45) is 11.8 Å². The van der Waals surface area contributed by atoms with Gasteiger partial charge in [0.05, 0.1) is 11.5 Å². The summed E-state index contributed by atoms with van der Waals surface area (Å²) in [5.41, 5.74) is -0.374. The van der Waals surface area contributed by atoms with E-state index in [1.807, 2.05) is 0 Å². The van der Waals surface area contributed by atoms with Crippen molar-refractivity contribution in [3.8, 4) is 0 Å². The van der Waals surface area contributed by atoms with Crippen molar-refractivity contribution in [1.82, 2.24) is 5.32 Å². The predicted molar refractivity (Wildman–Crippen MR) is 76.2 cm³/mol. The number of alkyl halides is 4. The van der Waals surface area contributed by atoms with Gasteiger partial charge in [-0.05, 0) is 32.1 Å². The molecule has 1 aliphatic heterocycles. The third-order valence-corrected chi connectivity index (χ3v) is 5.68. The molecule has 1 amide bonds. The van der Waals surface area contributed by atoms with Gasteiger partial charge in [0.2, 0.25) is 5.91 Å².